The van der Waals surface area contributed by atoms with Crippen LogP contribution in [0.1, 0.15) is 23.2 Å². The molecule has 1 aromatic heterocycles. The molecule has 3 rings (SSSR count). The molecule has 0 aliphatic carbocycles. The van der Waals surface area contributed by atoms with Gasteiger partial charge in [0.15, 0.2) is 11.8 Å². The Labute approximate surface area is 159 Å². The summed E-state index contributed by atoms with van der Waals surface area (Å²) in [6.45, 7) is 0.908. The monoisotopic (exact) mass is 402 g/mol. The third-order valence-corrected chi connectivity index (χ3v) is 5.85. The van der Waals surface area contributed by atoms with Crippen LogP contribution in [0.2, 0.25) is 4.34 Å². The molecule has 26 heavy (non-hydrogen) atoms. The van der Waals surface area contributed by atoms with E-state index in [4.69, 9.17) is 25.8 Å². The average molecular weight is 403 g/mol. The van der Waals surface area contributed by atoms with E-state index >= 15 is 0 Å². The maximum Gasteiger partial charge on any atom is 0.410 e. The van der Waals surface area contributed by atoms with Gasteiger partial charge in [-0.15, -0.1) is 11.3 Å². The van der Waals surface area contributed by atoms with Crippen molar-refractivity contribution < 1.29 is 28.6 Å². The van der Waals surface area contributed by atoms with Gasteiger partial charge in [-0.25, -0.2) is 9.59 Å². The van der Waals surface area contributed by atoms with Gasteiger partial charge in [-0.05, 0) is 12.8 Å². The van der Waals surface area contributed by atoms with Crippen molar-refractivity contribution in [1.82, 2.24) is 9.80 Å². The second-order valence-corrected chi connectivity index (χ2v) is 7.48. The molecule has 0 aromatic carbocycles. The number of nitrogens with zero attached hydrogens (tertiary/aromatic N) is 2. The molecule has 2 aliphatic rings. The van der Waals surface area contributed by atoms with Gasteiger partial charge in [-0.2, -0.15) is 0 Å². The van der Waals surface area contributed by atoms with Crippen LogP contribution >= 0.6 is 22.9 Å². The number of carbonyl (C=O) groups is 3. The van der Waals surface area contributed by atoms with Gasteiger partial charge in [0.2, 0.25) is 0 Å². The van der Waals surface area contributed by atoms with Crippen LogP contribution in [0.4, 0.5) is 4.79 Å². The number of hydrogen-bond acceptors (Lipinski definition) is 7. The molecule has 0 radical (unpaired) electrons. The molecule has 0 N–H and O–H groups in total. The van der Waals surface area contributed by atoms with E-state index in [0.29, 0.717) is 41.6 Å². The minimum atomic E-state index is -0.726. The third-order valence-electron chi connectivity index (χ3n) is 4.67. The Hall–Kier alpha value is -2.00. The molecule has 2 aliphatic heterocycles. The van der Waals surface area contributed by atoms with Crippen molar-refractivity contribution >= 4 is 40.9 Å². The Bertz CT molecular complexity index is 716. The number of piperidine rings is 1. The standard InChI is InChI=1S/C16H19ClN2O6S/c1-23-12-10(8-26-13(12)17)14(20)18-5-3-9(4-6-18)19-11(15(21)24-2)7-25-16(19)22/h8-9,11H,3-7H2,1-2H3/t11-/m0/s1. The van der Waals surface area contributed by atoms with E-state index in [2.05, 4.69) is 0 Å². The summed E-state index contributed by atoms with van der Waals surface area (Å²) in [5.41, 5.74) is 0.439. The van der Waals surface area contributed by atoms with Gasteiger partial charge in [-0.1, -0.05) is 11.6 Å². The molecule has 142 valence electrons. The number of ether oxygens (including phenoxy) is 3. The zero-order chi connectivity index (χ0) is 18.8. The van der Waals surface area contributed by atoms with Gasteiger partial charge >= 0.3 is 12.1 Å². The molecule has 2 fully saturated rings. The van der Waals surface area contributed by atoms with E-state index in [-0.39, 0.29) is 18.6 Å². The van der Waals surface area contributed by atoms with Gasteiger partial charge in [0.25, 0.3) is 5.91 Å². The highest BCUT2D eigenvalue weighted by Gasteiger charge is 2.44. The van der Waals surface area contributed by atoms with E-state index < -0.39 is 18.1 Å². The first-order chi connectivity index (χ1) is 12.5. The van der Waals surface area contributed by atoms with E-state index in [0.717, 1.165) is 0 Å². The molecule has 0 unspecified atom stereocenters. The maximum absolute atomic E-state index is 12.7. The van der Waals surface area contributed by atoms with Crippen molar-refractivity contribution in [3.05, 3.63) is 15.3 Å². The summed E-state index contributed by atoms with van der Waals surface area (Å²) in [6.07, 6.45) is 0.583. The number of hydrogen-bond donors (Lipinski definition) is 0. The minimum absolute atomic E-state index is 0.00471. The van der Waals surface area contributed by atoms with Crippen molar-refractivity contribution in [2.75, 3.05) is 33.9 Å². The lowest BCUT2D eigenvalue weighted by atomic mass is 10.0. The third kappa shape index (κ3) is 3.33. The summed E-state index contributed by atoms with van der Waals surface area (Å²) in [6, 6.07) is -0.901. The summed E-state index contributed by atoms with van der Waals surface area (Å²) in [4.78, 5) is 39.7. The number of cyclic esters (lactones) is 1. The van der Waals surface area contributed by atoms with Crippen LogP contribution in [0.15, 0.2) is 5.38 Å². The Morgan fingerprint density at radius 2 is 2.00 bits per heavy atom. The number of amides is 2. The summed E-state index contributed by atoms with van der Waals surface area (Å²) in [7, 11) is 2.76. The molecule has 1 aromatic rings. The normalized spacial score (nSPS) is 20.9. The van der Waals surface area contributed by atoms with Crippen molar-refractivity contribution in [2.45, 2.75) is 24.9 Å². The van der Waals surface area contributed by atoms with Gasteiger partial charge < -0.3 is 19.1 Å². The zero-order valence-electron chi connectivity index (χ0n) is 14.4. The lowest BCUT2D eigenvalue weighted by molar-refractivity contribution is -0.145. The minimum Gasteiger partial charge on any atom is -0.493 e. The van der Waals surface area contributed by atoms with Crippen LogP contribution in [-0.2, 0) is 14.3 Å². The zero-order valence-corrected chi connectivity index (χ0v) is 16.0. The molecule has 0 bridgehead atoms. The van der Waals surface area contributed by atoms with Gasteiger partial charge in [-0.3, -0.25) is 9.69 Å². The topological polar surface area (TPSA) is 85.4 Å². The molecule has 1 atom stereocenters. The van der Waals surface area contributed by atoms with Crippen LogP contribution < -0.4 is 4.74 Å². The second kappa shape index (κ2) is 7.71. The largest absolute Gasteiger partial charge is 0.493 e. The fourth-order valence-corrected chi connectivity index (χ4v) is 4.37. The lowest BCUT2D eigenvalue weighted by Crippen LogP contribution is -2.51. The summed E-state index contributed by atoms with van der Waals surface area (Å²) >= 11 is 7.28. The molecule has 10 heteroatoms. The highest BCUT2D eigenvalue weighted by atomic mass is 35.5. The lowest BCUT2D eigenvalue weighted by Gasteiger charge is -2.37. The first-order valence-electron chi connectivity index (χ1n) is 8.11. The molecule has 0 spiro atoms. The molecule has 3 heterocycles. The first-order valence-corrected chi connectivity index (χ1v) is 9.36. The van der Waals surface area contributed by atoms with E-state index in [9.17, 15) is 14.4 Å². The van der Waals surface area contributed by atoms with Crippen LogP contribution in [0, 0.1) is 0 Å². The van der Waals surface area contributed by atoms with Gasteiger partial charge in [0.05, 0.1) is 19.8 Å². The number of carbonyl (C=O) groups excluding carboxylic acids is 3. The first kappa shape index (κ1) is 18.8. The summed E-state index contributed by atoms with van der Waals surface area (Å²) < 4.78 is 15.4. The van der Waals surface area contributed by atoms with E-state index in [1.807, 2.05) is 0 Å². The maximum atomic E-state index is 12.7. The Kier molecular flexibility index (Phi) is 5.57. The Morgan fingerprint density at radius 1 is 1.31 bits per heavy atom. The van der Waals surface area contributed by atoms with Crippen molar-refractivity contribution in [3.8, 4) is 5.75 Å². The number of halogens is 1. The van der Waals surface area contributed by atoms with Crippen LogP contribution in [-0.4, -0.2) is 73.8 Å². The average Bonchev–Trinajstić information content (AvgIpc) is 3.23. The molecular formula is C16H19ClN2O6S. The van der Waals surface area contributed by atoms with E-state index in [1.165, 1.54) is 30.5 Å². The van der Waals surface area contributed by atoms with Gasteiger partial charge in [0, 0.05) is 24.5 Å². The second-order valence-electron chi connectivity index (χ2n) is 6.00. The van der Waals surface area contributed by atoms with Crippen LogP contribution in [0.25, 0.3) is 0 Å². The van der Waals surface area contributed by atoms with Gasteiger partial charge in [0.1, 0.15) is 10.9 Å². The fourth-order valence-electron chi connectivity index (χ4n) is 3.33. The number of rotatable bonds is 4. The predicted molar refractivity (Wildman–Crippen MR) is 93.8 cm³/mol. The predicted octanol–water partition coefficient (Wildman–Crippen LogP) is 2.01. The number of esters is 1. The van der Waals surface area contributed by atoms with E-state index in [1.54, 1.807) is 10.3 Å². The van der Waals surface area contributed by atoms with Crippen LogP contribution in [0.3, 0.4) is 0 Å². The van der Waals surface area contributed by atoms with Crippen molar-refractivity contribution in [2.24, 2.45) is 0 Å². The fraction of sp³-hybridized carbons (Fsp3) is 0.562. The smallest absolute Gasteiger partial charge is 0.410 e. The summed E-state index contributed by atoms with van der Waals surface area (Å²) in [5.74, 6) is -0.262. The molecule has 0 saturated carbocycles. The molecule has 2 saturated heterocycles. The quantitative estimate of drug-likeness (QED) is 0.716. The Morgan fingerprint density at radius 3 is 2.62 bits per heavy atom. The van der Waals surface area contributed by atoms with Crippen LogP contribution in [0.5, 0.6) is 5.75 Å². The molecular weight excluding hydrogens is 384 g/mol. The number of thiophene rings is 1. The molecule has 2 amide bonds. The highest BCUT2D eigenvalue weighted by molar-refractivity contribution is 7.15. The summed E-state index contributed by atoms with van der Waals surface area (Å²) in [5, 5.41) is 1.68. The SMILES string of the molecule is COC(=O)[C@@H]1COC(=O)N1C1CCN(C(=O)c2csc(Cl)c2OC)CC1. The Balaban J connectivity index is 1.66. The van der Waals surface area contributed by atoms with Crippen molar-refractivity contribution in [3.63, 3.8) is 0 Å². The number of methoxy groups -OCH3 is 2. The van der Waals surface area contributed by atoms with Crippen molar-refractivity contribution in [1.29, 1.82) is 0 Å². The highest BCUT2D eigenvalue weighted by Crippen LogP contribution is 2.36. The number of likely N-dealkylation sites (tertiary alicyclic amines) is 1. The molecule has 8 nitrogen and oxygen atoms in total.